The van der Waals surface area contributed by atoms with Crippen LogP contribution < -0.4 is 10.9 Å². The molecule has 1 heterocycles. The number of aliphatic hydroxyl groups is 1. The lowest BCUT2D eigenvalue weighted by Gasteiger charge is -2.32. The number of H-pyrrole nitrogens is 1. The summed E-state index contributed by atoms with van der Waals surface area (Å²) in [5, 5.41) is 16.1. The van der Waals surface area contributed by atoms with Gasteiger partial charge in [0.1, 0.15) is 0 Å². The third kappa shape index (κ3) is 3.66. The van der Waals surface area contributed by atoms with E-state index in [1.807, 2.05) is 24.3 Å². The van der Waals surface area contributed by atoms with Gasteiger partial charge in [-0.2, -0.15) is 0 Å². The molecule has 25 heavy (non-hydrogen) atoms. The number of aromatic amines is 1. The molecule has 0 saturated carbocycles. The van der Waals surface area contributed by atoms with Gasteiger partial charge in [0.05, 0.1) is 21.7 Å². The van der Waals surface area contributed by atoms with Crippen LogP contribution in [0.1, 0.15) is 25.5 Å². The van der Waals surface area contributed by atoms with Crippen LogP contribution in [0, 0.1) is 0 Å². The maximum atomic E-state index is 12.0. The molecule has 1 unspecified atom stereocenters. The molecule has 130 valence electrons. The monoisotopic (exact) mass is 376 g/mol. The summed E-state index contributed by atoms with van der Waals surface area (Å²) in [6.07, 6.45) is 1.61. The molecule has 0 aliphatic rings. The van der Waals surface area contributed by atoms with Gasteiger partial charge in [0.15, 0.2) is 0 Å². The Morgan fingerprint density at radius 2 is 1.92 bits per heavy atom. The molecule has 3 aromatic rings. The van der Waals surface area contributed by atoms with E-state index in [0.717, 1.165) is 5.39 Å². The Morgan fingerprint density at radius 3 is 2.64 bits per heavy atom. The van der Waals surface area contributed by atoms with Crippen LogP contribution in [0.2, 0.25) is 10.0 Å². The Balaban J connectivity index is 2.06. The Hall–Kier alpha value is -2.01. The molecule has 2 aromatic carbocycles. The summed E-state index contributed by atoms with van der Waals surface area (Å²) < 4.78 is 0. The Bertz CT molecular complexity index is 977. The Labute approximate surface area is 155 Å². The van der Waals surface area contributed by atoms with Crippen LogP contribution in [0.3, 0.4) is 0 Å². The van der Waals surface area contributed by atoms with Crippen molar-refractivity contribution in [2.24, 2.45) is 0 Å². The largest absolute Gasteiger partial charge is 0.388 e. The Morgan fingerprint density at radius 1 is 1.16 bits per heavy atom. The zero-order chi connectivity index (χ0) is 18.2. The van der Waals surface area contributed by atoms with Crippen molar-refractivity contribution < 1.29 is 5.11 Å². The molecule has 0 radical (unpaired) electrons. The van der Waals surface area contributed by atoms with Gasteiger partial charge in [0.2, 0.25) is 0 Å². The maximum Gasteiger partial charge on any atom is 0.255 e. The van der Waals surface area contributed by atoms with E-state index in [0.29, 0.717) is 26.7 Å². The van der Waals surface area contributed by atoms with Gasteiger partial charge in [-0.25, -0.2) is 0 Å². The number of benzene rings is 2. The minimum Gasteiger partial charge on any atom is -0.388 e. The van der Waals surface area contributed by atoms with Crippen LogP contribution in [-0.2, 0) is 0 Å². The van der Waals surface area contributed by atoms with Gasteiger partial charge in [0.25, 0.3) is 5.56 Å². The van der Waals surface area contributed by atoms with Gasteiger partial charge in [-0.05, 0) is 49.1 Å². The van der Waals surface area contributed by atoms with Crippen LogP contribution in [0.5, 0.6) is 0 Å². The number of aromatic nitrogens is 1. The molecule has 3 rings (SSSR count). The van der Waals surface area contributed by atoms with Crippen LogP contribution >= 0.6 is 23.2 Å². The average molecular weight is 377 g/mol. The fraction of sp³-hybridized carbons (Fsp3) is 0.211. The molecule has 0 spiro atoms. The first-order valence-electron chi connectivity index (χ1n) is 7.81. The van der Waals surface area contributed by atoms with Gasteiger partial charge in [-0.15, -0.1) is 0 Å². The third-order valence-electron chi connectivity index (χ3n) is 4.09. The number of halogens is 2. The quantitative estimate of drug-likeness (QED) is 0.614. The van der Waals surface area contributed by atoms with E-state index in [2.05, 4.69) is 10.3 Å². The molecular formula is C19H18Cl2N2O2. The lowest BCUT2D eigenvalue weighted by molar-refractivity contribution is 0.0589. The number of hydrogen-bond donors (Lipinski definition) is 3. The SMILES string of the molecule is CC(C)(O)C(Nc1ccc2cc[nH]c(=O)c2c1)c1cccc(Cl)c1Cl. The molecule has 1 atom stereocenters. The van der Waals surface area contributed by atoms with Crippen LogP contribution in [-0.4, -0.2) is 15.7 Å². The summed E-state index contributed by atoms with van der Waals surface area (Å²) >= 11 is 12.5. The number of fused-ring (bicyclic) bond motifs is 1. The predicted molar refractivity (Wildman–Crippen MR) is 104 cm³/mol. The minimum atomic E-state index is -1.12. The molecule has 0 aliphatic heterocycles. The molecule has 0 bridgehead atoms. The number of nitrogens with one attached hydrogen (secondary N) is 2. The van der Waals surface area contributed by atoms with E-state index in [-0.39, 0.29) is 5.56 Å². The molecule has 0 amide bonds. The van der Waals surface area contributed by atoms with Crippen molar-refractivity contribution in [2.45, 2.75) is 25.5 Å². The third-order valence-corrected chi connectivity index (χ3v) is 4.92. The molecule has 0 aliphatic carbocycles. The molecule has 3 N–H and O–H groups in total. The molecular weight excluding hydrogens is 359 g/mol. The summed E-state index contributed by atoms with van der Waals surface area (Å²) in [7, 11) is 0. The number of rotatable bonds is 4. The Kier molecular flexibility index (Phi) is 4.78. The molecule has 4 nitrogen and oxygen atoms in total. The van der Waals surface area contributed by atoms with Crippen molar-refractivity contribution in [3.8, 4) is 0 Å². The van der Waals surface area contributed by atoms with Crippen molar-refractivity contribution in [2.75, 3.05) is 5.32 Å². The number of pyridine rings is 1. The fourth-order valence-electron chi connectivity index (χ4n) is 2.82. The van der Waals surface area contributed by atoms with Gasteiger partial charge in [0, 0.05) is 17.3 Å². The zero-order valence-corrected chi connectivity index (χ0v) is 15.3. The highest BCUT2D eigenvalue weighted by Gasteiger charge is 2.30. The molecule has 1 aromatic heterocycles. The summed E-state index contributed by atoms with van der Waals surface area (Å²) in [5.74, 6) is 0. The second-order valence-electron chi connectivity index (χ2n) is 6.48. The van der Waals surface area contributed by atoms with Gasteiger partial charge < -0.3 is 15.4 Å². The van der Waals surface area contributed by atoms with Crippen molar-refractivity contribution in [1.82, 2.24) is 4.98 Å². The lowest BCUT2D eigenvalue weighted by atomic mass is 9.91. The molecule has 0 saturated heterocycles. The van der Waals surface area contributed by atoms with Crippen molar-refractivity contribution in [3.63, 3.8) is 0 Å². The topological polar surface area (TPSA) is 65.1 Å². The smallest absolute Gasteiger partial charge is 0.255 e. The second-order valence-corrected chi connectivity index (χ2v) is 7.27. The van der Waals surface area contributed by atoms with Crippen LogP contribution in [0.4, 0.5) is 5.69 Å². The summed E-state index contributed by atoms with van der Waals surface area (Å²) in [4.78, 5) is 14.7. The maximum absolute atomic E-state index is 12.0. The van der Waals surface area contributed by atoms with Gasteiger partial charge >= 0.3 is 0 Å². The lowest BCUT2D eigenvalue weighted by Crippen LogP contribution is -2.34. The normalized spacial score (nSPS) is 13.0. The van der Waals surface area contributed by atoms with E-state index >= 15 is 0 Å². The zero-order valence-electron chi connectivity index (χ0n) is 13.8. The predicted octanol–water partition coefficient (Wildman–Crippen LogP) is 4.76. The highest BCUT2D eigenvalue weighted by molar-refractivity contribution is 6.42. The second kappa shape index (κ2) is 6.71. The molecule has 6 heteroatoms. The van der Waals surface area contributed by atoms with Gasteiger partial charge in [-0.1, -0.05) is 41.4 Å². The van der Waals surface area contributed by atoms with E-state index < -0.39 is 11.6 Å². The average Bonchev–Trinajstić information content (AvgIpc) is 2.55. The number of hydrogen-bond acceptors (Lipinski definition) is 3. The standard InChI is InChI=1S/C19H18Cl2N2O2/c1-19(2,25)17(13-4-3-5-15(20)16(13)21)23-12-7-6-11-8-9-22-18(24)14(11)10-12/h3-10,17,23,25H,1-2H3,(H,22,24). The first-order chi connectivity index (χ1) is 11.8. The van der Waals surface area contributed by atoms with E-state index in [4.69, 9.17) is 23.2 Å². The first-order valence-corrected chi connectivity index (χ1v) is 8.57. The minimum absolute atomic E-state index is 0.165. The molecule has 0 fully saturated rings. The highest BCUT2D eigenvalue weighted by Crippen LogP contribution is 2.37. The summed E-state index contributed by atoms with van der Waals surface area (Å²) in [6, 6.07) is 12.1. The summed E-state index contributed by atoms with van der Waals surface area (Å²) in [5.41, 5.74) is 0.102. The van der Waals surface area contributed by atoms with Crippen molar-refractivity contribution in [3.05, 3.63) is 74.6 Å². The van der Waals surface area contributed by atoms with Gasteiger partial charge in [-0.3, -0.25) is 4.79 Å². The van der Waals surface area contributed by atoms with Crippen LogP contribution in [0.25, 0.3) is 10.8 Å². The highest BCUT2D eigenvalue weighted by atomic mass is 35.5. The van der Waals surface area contributed by atoms with Crippen LogP contribution in [0.15, 0.2) is 53.5 Å². The van der Waals surface area contributed by atoms with E-state index in [9.17, 15) is 9.90 Å². The van der Waals surface area contributed by atoms with Crippen molar-refractivity contribution in [1.29, 1.82) is 0 Å². The summed E-state index contributed by atoms with van der Waals surface area (Å²) in [6.45, 7) is 3.38. The fourth-order valence-corrected chi connectivity index (χ4v) is 3.23. The van der Waals surface area contributed by atoms with E-state index in [1.54, 1.807) is 38.2 Å². The first kappa shape index (κ1) is 17.8. The number of anilines is 1. The van der Waals surface area contributed by atoms with E-state index in [1.165, 1.54) is 0 Å². The van der Waals surface area contributed by atoms with Crippen molar-refractivity contribution >= 4 is 39.7 Å².